The molecule has 0 rings (SSSR count). The van der Waals surface area contributed by atoms with Crippen molar-refractivity contribution in [2.75, 3.05) is 0 Å². The maximum atomic E-state index is 5.18. The van der Waals surface area contributed by atoms with Gasteiger partial charge in [0.05, 0.1) is 6.10 Å². The van der Waals surface area contributed by atoms with Gasteiger partial charge in [-0.25, -0.2) is 0 Å². The molecular formula is C7H15CuNOS. The van der Waals surface area contributed by atoms with E-state index in [0.29, 0.717) is 11.2 Å². The third-order valence-corrected chi connectivity index (χ3v) is 0.963. The van der Waals surface area contributed by atoms with Crippen LogP contribution in [0.25, 0.3) is 0 Å². The normalized spacial score (nSPS) is 9.27. The van der Waals surface area contributed by atoms with Crippen LogP contribution in [-0.4, -0.2) is 17.3 Å². The zero-order valence-electron chi connectivity index (χ0n) is 7.27. The Morgan fingerprint density at radius 1 is 1.27 bits per heavy atom. The molecule has 0 amide bonds. The van der Waals surface area contributed by atoms with Crippen molar-refractivity contribution in [1.82, 2.24) is 5.32 Å². The number of thiocarbonyl (C=S) groups is 1. The van der Waals surface area contributed by atoms with Crippen LogP contribution in [0.1, 0.15) is 27.7 Å². The van der Waals surface area contributed by atoms with Crippen LogP contribution in [0.3, 0.4) is 0 Å². The molecule has 11 heavy (non-hydrogen) atoms. The summed E-state index contributed by atoms with van der Waals surface area (Å²) in [6.45, 7) is 7.95. The van der Waals surface area contributed by atoms with Crippen LogP contribution < -0.4 is 5.32 Å². The second kappa shape index (κ2) is 6.89. The van der Waals surface area contributed by atoms with Crippen molar-refractivity contribution in [3.63, 3.8) is 0 Å². The molecule has 4 heteroatoms. The van der Waals surface area contributed by atoms with Crippen molar-refractivity contribution in [2.45, 2.75) is 39.8 Å². The summed E-state index contributed by atoms with van der Waals surface area (Å²) >= 11 is 4.87. The van der Waals surface area contributed by atoms with Crippen molar-refractivity contribution in [3.05, 3.63) is 0 Å². The van der Waals surface area contributed by atoms with Crippen LogP contribution in [-0.2, 0) is 21.8 Å². The Balaban J connectivity index is 0. The monoisotopic (exact) mass is 224 g/mol. The predicted octanol–water partition coefficient (Wildman–Crippen LogP) is 1.69. The topological polar surface area (TPSA) is 21.3 Å². The van der Waals surface area contributed by atoms with Gasteiger partial charge in [0.1, 0.15) is 0 Å². The molecule has 0 unspecified atom stereocenters. The minimum absolute atomic E-state index is 0. The second-order valence-electron chi connectivity index (χ2n) is 2.75. The summed E-state index contributed by atoms with van der Waals surface area (Å²) in [6, 6.07) is 0.353. The number of ether oxygens (including phenoxy) is 1. The maximum Gasteiger partial charge on any atom is 0.257 e. The maximum absolute atomic E-state index is 5.18. The molecule has 0 aliphatic rings. The molecule has 1 N–H and O–H groups in total. The van der Waals surface area contributed by atoms with Crippen molar-refractivity contribution >= 4 is 17.4 Å². The molecule has 1 radical (unpaired) electrons. The van der Waals surface area contributed by atoms with Crippen LogP contribution in [0, 0.1) is 0 Å². The van der Waals surface area contributed by atoms with Crippen LogP contribution in [0.15, 0.2) is 0 Å². The van der Waals surface area contributed by atoms with Gasteiger partial charge in [0.15, 0.2) is 0 Å². The summed E-state index contributed by atoms with van der Waals surface area (Å²) < 4.78 is 5.18. The fraction of sp³-hybridized carbons (Fsp3) is 0.857. The Bertz CT molecular complexity index is 105. The SMILES string of the molecule is CC(C)NC(=S)OC(C)C.[Cu]. The van der Waals surface area contributed by atoms with E-state index in [2.05, 4.69) is 5.32 Å². The van der Waals surface area contributed by atoms with Crippen LogP contribution in [0.2, 0.25) is 0 Å². The third-order valence-electron chi connectivity index (χ3n) is 0.749. The van der Waals surface area contributed by atoms with Gasteiger partial charge in [-0.3, -0.25) is 0 Å². The largest absolute Gasteiger partial charge is 0.468 e. The standard InChI is InChI=1S/C7H15NOS.Cu/c1-5(2)8-7(10)9-6(3)4;/h5-6H,1-4H3,(H,8,10);. The van der Waals surface area contributed by atoms with Crippen molar-refractivity contribution in [1.29, 1.82) is 0 Å². The first-order valence-corrected chi connectivity index (χ1v) is 3.90. The van der Waals surface area contributed by atoms with Gasteiger partial charge in [0.25, 0.3) is 5.17 Å². The average molecular weight is 225 g/mol. The Morgan fingerprint density at radius 2 is 1.73 bits per heavy atom. The average Bonchev–Trinajstić information content (AvgIpc) is 1.58. The number of nitrogens with one attached hydrogen (secondary N) is 1. The fourth-order valence-electron chi connectivity index (χ4n) is 0.484. The molecule has 71 valence electrons. The first-order valence-electron chi connectivity index (χ1n) is 3.49. The van der Waals surface area contributed by atoms with E-state index >= 15 is 0 Å². The Kier molecular flexibility index (Phi) is 8.63. The molecule has 0 aromatic carbocycles. The summed E-state index contributed by atoms with van der Waals surface area (Å²) in [5.41, 5.74) is 0. The van der Waals surface area contributed by atoms with E-state index < -0.39 is 0 Å². The minimum Gasteiger partial charge on any atom is -0.468 e. The Labute approximate surface area is 84.5 Å². The van der Waals surface area contributed by atoms with E-state index in [1.165, 1.54) is 0 Å². The van der Waals surface area contributed by atoms with Gasteiger partial charge in [-0.1, -0.05) is 0 Å². The number of hydrogen-bond donors (Lipinski definition) is 1. The molecular weight excluding hydrogens is 210 g/mol. The van der Waals surface area contributed by atoms with E-state index in [1.807, 2.05) is 27.7 Å². The molecule has 0 bridgehead atoms. The van der Waals surface area contributed by atoms with Crippen LogP contribution in [0.5, 0.6) is 0 Å². The Morgan fingerprint density at radius 3 is 2.00 bits per heavy atom. The van der Waals surface area contributed by atoms with Gasteiger partial charge >= 0.3 is 0 Å². The van der Waals surface area contributed by atoms with Gasteiger partial charge < -0.3 is 10.1 Å². The van der Waals surface area contributed by atoms with Gasteiger partial charge in [-0.05, 0) is 39.9 Å². The first kappa shape index (κ1) is 13.8. The Hall–Kier alpha value is 0.209. The summed E-state index contributed by atoms with van der Waals surface area (Å²) in [7, 11) is 0. The zero-order chi connectivity index (χ0) is 8.15. The van der Waals surface area contributed by atoms with Crippen LogP contribution in [0.4, 0.5) is 0 Å². The van der Waals surface area contributed by atoms with Gasteiger partial charge in [0.2, 0.25) is 0 Å². The molecule has 2 nitrogen and oxygen atoms in total. The smallest absolute Gasteiger partial charge is 0.257 e. The zero-order valence-corrected chi connectivity index (χ0v) is 9.03. The summed E-state index contributed by atoms with van der Waals surface area (Å²) in [6.07, 6.45) is 0.166. The predicted molar refractivity (Wildman–Crippen MR) is 47.1 cm³/mol. The van der Waals surface area contributed by atoms with E-state index in [0.717, 1.165) is 0 Å². The molecule has 0 aliphatic heterocycles. The molecule has 0 aliphatic carbocycles. The van der Waals surface area contributed by atoms with Crippen LogP contribution >= 0.6 is 12.2 Å². The first-order chi connectivity index (χ1) is 4.52. The van der Waals surface area contributed by atoms with E-state index in [9.17, 15) is 0 Å². The summed E-state index contributed by atoms with van der Waals surface area (Å²) in [4.78, 5) is 0. The van der Waals surface area contributed by atoms with E-state index in [4.69, 9.17) is 17.0 Å². The summed E-state index contributed by atoms with van der Waals surface area (Å²) in [5, 5.41) is 3.47. The number of rotatable bonds is 2. The molecule has 0 aromatic heterocycles. The number of hydrogen-bond acceptors (Lipinski definition) is 2. The molecule has 0 atom stereocenters. The quantitative estimate of drug-likeness (QED) is 0.570. The minimum atomic E-state index is 0. The summed E-state index contributed by atoms with van der Waals surface area (Å²) in [5.74, 6) is 0. The molecule has 0 saturated carbocycles. The van der Waals surface area contributed by atoms with E-state index in [-0.39, 0.29) is 23.2 Å². The molecule has 0 aromatic rings. The second-order valence-corrected chi connectivity index (χ2v) is 3.12. The van der Waals surface area contributed by atoms with E-state index in [1.54, 1.807) is 0 Å². The van der Waals surface area contributed by atoms with Crippen molar-refractivity contribution in [3.8, 4) is 0 Å². The third kappa shape index (κ3) is 10.2. The van der Waals surface area contributed by atoms with Crippen molar-refractivity contribution in [2.24, 2.45) is 0 Å². The molecule has 0 heterocycles. The van der Waals surface area contributed by atoms with Gasteiger partial charge in [0, 0.05) is 23.1 Å². The van der Waals surface area contributed by atoms with Crippen molar-refractivity contribution < 1.29 is 21.8 Å². The van der Waals surface area contributed by atoms with Gasteiger partial charge in [-0.15, -0.1) is 0 Å². The molecule has 0 spiro atoms. The fourth-order valence-corrected chi connectivity index (χ4v) is 0.912. The molecule has 0 saturated heterocycles. The van der Waals surface area contributed by atoms with Gasteiger partial charge in [-0.2, -0.15) is 0 Å². The molecule has 0 fully saturated rings.